The molecule has 142 valence electrons. The number of nitrogens with zero attached hydrogens (tertiary/aromatic N) is 4. The van der Waals surface area contributed by atoms with Gasteiger partial charge >= 0.3 is 6.03 Å². The molecule has 3 aliphatic rings. The first-order valence-electron chi connectivity index (χ1n) is 9.95. The van der Waals surface area contributed by atoms with E-state index >= 15 is 0 Å². The molecule has 4 rings (SSSR count). The number of nitrogens with one attached hydrogen (secondary N) is 1. The molecule has 1 aromatic rings. The molecule has 1 aromatic heterocycles. The second-order valence-electron chi connectivity index (χ2n) is 8.21. The monoisotopic (exact) mass is 358 g/mol. The van der Waals surface area contributed by atoms with Crippen molar-refractivity contribution < 1.29 is 4.79 Å². The van der Waals surface area contributed by atoms with Crippen LogP contribution in [-0.2, 0) is 0 Å². The third kappa shape index (κ3) is 3.57. The fraction of sp³-hybridized carbons (Fsp3) is 0.737. The number of anilines is 2. The average Bonchev–Trinajstić information content (AvgIpc) is 3.31. The zero-order valence-electron chi connectivity index (χ0n) is 15.7. The van der Waals surface area contributed by atoms with Crippen LogP contribution in [0.2, 0.25) is 0 Å². The maximum Gasteiger partial charge on any atom is 0.317 e. The highest BCUT2D eigenvalue weighted by Crippen LogP contribution is 2.60. The fourth-order valence-corrected chi connectivity index (χ4v) is 4.79. The van der Waals surface area contributed by atoms with Gasteiger partial charge in [-0.2, -0.15) is 4.98 Å². The predicted molar refractivity (Wildman–Crippen MR) is 102 cm³/mol. The number of aryl methyl sites for hydroxylation is 1. The Kier molecular flexibility index (Phi) is 4.63. The normalized spacial score (nSPS) is 24.6. The van der Waals surface area contributed by atoms with Crippen molar-refractivity contribution in [3.8, 4) is 0 Å². The molecule has 1 atom stereocenters. The summed E-state index contributed by atoms with van der Waals surface area (Å²) in [5.41, 5.74) is 7.20. The molecule has 7 nitrogen and oxygen atoms in total. The van der Waals surface area contributed by atoms with Gasteiger partial charge in [-0.25, -0.2) is 9.78 Å². The van der Waals surface area contributed by atoms with Crippen molar-refractivity contribution in [2.45, 2.75) is 45.4 Å². The van der Waals surface area contributed by atoms with E-state index in [0.29, 0.717) is 30.4 Å². The summed E-state index contributed by atoms with van der Waals surface area (Å²) < 4.78 is 0. The van der Waals surface area contributed by atoms with Gasteiger partial charge in [0.15, 0.2) is 0 Å². The summed E-state index contributed by atoms with van der Waals surface area (Å²) in [6.07, 6.45) is 8.19. The largest absolute Gasteiger partial charge is 0.368 e. The highest BCUT2D eigenvalue weighted by Gasteiger charge is 2.53. The van der Waals surface area contributed by atoms with Gasteiger partial charge in [0.1, 0.15) is 5.82 Å². The third-order valence-corrected chi connectivity index (χ3v) is 6.46. The van der Waals surface area contributed by atoms with Gasteiger partial charge in [-0.3, -0.25) is 0 Å². The SMILES string of the molecule is Cc1cc(N2CCN(C(=O)NC[C@H]3CC34CCCCC4)CC2)nc(N)n1. The van der Waals surface area contributed by atoms with E-state index in [2.05, 4.69) is 20.2 Å². The van der Waals surface area contributed by atoms with Gasteiger partial charge in [-0.05, 0) is 37.5 Å². The Labute approximate surface area is 155 Å². The van der Waals surface area contributed by atoms with Crippen LogP contribution in [0.25, 0.3) is 0 Å². The second-order valence-corrected chi connectivity index (χ2v) is 8.21. The van der Waals surface area contributed by atoms with Crippen molar-refractivity contribution in [2.75, 3.05) is 43.4 Å². The van der Waals surface area contributed by atoms with Crippen molar-refractivity contribution in [3.63, 3.8) is 0 Å². The first-order valence-corrected chi connectivity index (χ1v) is 9.95. The van der Waals surface area contributed by atoms with Gasteiger partial charge in [0.05, 0.1) is 0 Å². The van der Waals surface area contributed by atoms with Crippen molar-refractivity contribution >= 4 is 17.8 Å². The van der Waals surface area contributed by atoms with Gasteiger partial charge in [0, 0.05) is 44.5 Å². The van der Waals surface area contributed by atoms with Gasteiger partial charge in [0.25, 0.3) is 0 Å². The molecule has 3 N–H and O–H groups in total. The lowest BCUT2D eigenvalue weighted by Gasteiger charge is -2.35. The molecule has 7 heteroatoms. The molecule has 2 aliphatic carbocycles. The smallest absolute Gasteiger partial charge is 0.317 e. The summed E-state index contributed by atoms with van der Waals surface area (Å²) in [5.74, 6) is 1.87. The molecular weight excluding hydrogens is 328 g/mol. The minimum absolute atomic E-state index is 0.0842. The van der Waals surface area contributed by atoms with Crippen LogP contribution in [0.3, 0.4) is 0 Å². The number of rotatable bonds is 3. The number of piperazine rings is 1. The molecule has 26 heavy (non-hydrogen) atoms. The maximum absolute atomic E-state index is 12.5. The summed E-state index contributed by atoms with van der Waals surface area (Å²) in [5, 5.41) is 3.18. The van der Waals surface area contributed by atoms with Crippen molar-refractivity contribution in [1.82, 2.24) is 20.2 Å². The summed E-state index contributed by atoms with van der Waals surface area (Å²) in [4.78, 5) is 25.0. The number of urea groups is 1. The molecule has 0 aromatic carbocycles. The molecule has 3 fully saturated rings. The molecule has 0 radical (unpaired) electrons. The molecule has 2 amide bonds. The molecule has 1 aliphatic heterocycles. The molecule has 0 unspecified atom stereocenters. The van der Waals surface area contributed by atoms with Crippen molar-refractivity contribution in [2.24, 2.45) is 11.3 Å². The van der Waals surface area contributed by atoms with E-state index in [4.69, 9.17) is 5.73 Å². The van der Waals surface area contributed by atoms with Gasteiger partial charge in [-0.15, -0.1) is 0 Å². The standard InChI is InChI=1S/C19H30N6O/c1-14-11-16(23-17(20)22-14)24-7-9-25(10-8-24)18(26)21-13-15-12-19(15)5-3-2-4-6-19/h11,15H,2-10,12-13H2,1H3,(H,21,26)(H2,20,22,23)/t15-/m1/s1. The summed E-state index contributed by atoms with van der Waals surface area (Å²) in [6.45, 7) is 5.74. The lowest BCUT2D eigenvalue weighted by Crippen LogP contribution is -2.52. The van der Waals surface area contributed by atoms with Crippen LogP contribution in [0, 0.1) is 18.3 Å². The second kappa shape index (κ2) is 6.93. The van der Waals surface area contributed by atoms with Crippen LogP contribution in [0.5, 0.6) is 0 Å². The van der Waals surface area contributed by atoms with E-state index < -0.39 is 0 Å². The summed E-state index contributed by atoms with van der Waals surface area (Å²) in [7, 11) is 0. The third-order valence-electron chi connectivity index (χ3n) is 6.46. The number of nitrogen functional groups attached to an aromatic ring is 1. The molecule has 1 saturated heterocycles. The van der Waals surface area contributed by atoms with Gasteiger partial charge in [0.2, 0.25) is 5.95 Å². The van der Waals surface area contributed by atoms with Crippen LogP contribution < -0.4 is 16.0 Å². The minimum Gasteiger partial charge on any atom is -0.368 e. The van der Waals surface area contributed by atoms with Crippen LogP contribution >= 0.6 is 0 Å². The number of nitrogens with two attached hydrogens (primary N) is 1. The van der Waals surface area contributed by atoms with E-state index in [9.17, 15) is 4.79 Å². The Morgan fingerprint density at radius 1 is 1.23 bits per heavy atom. The Balaban J connectivity index is 1.24. The first kappa shape index (κ1) is 17.4. The van der Waals surface area contributed by atoms with Crippen molar-refractivity contribution in [3.05, 3.63) is 11.8 Å². The highest BCUT2D eigenvalue weighted by atomic mass is 16.2. The zero-order chi connectivity index (χ0) is 18.1. The zero-order valence-corrected chi connectivity index (χ0v) is 15.7. The number of hydrogen-bond acceptors (Lipinski definition) is 5. The van der Waals surface area contributed by atoms with E-state index in [-0.39, 0.29) is 6.03 Å². The van der Waals surface area contributed by atoms with E-state index in [1.165, 1.54) is 38.5 Å². The van der Waals surface area contributed by atoms with Crippen LogP contribution in [-0.4, -0.2) is 53.6 Å². The van der Waals surface area contributed by atoms with Crippen LogP contribution in [0.1, 0.15) is 44.2 Å². The van der Waals surface area contributed by atoms with Crippen LogP contribution in [0.4, 0.5) is 16.6 Å². The highest BCUT2D eigenvalue weighted by molar-refractivity contribution is 5.74. The molecule has 2 saturated carbocycles. The molecule has 2 heterocycles. The summed E-state index contributed by atoms with van der Waals surface area (Å²) >= 11 is 0. The van der Waals surface area contributed by atoms with Gasteiger partial charge in [-0.1, -0.05) is 19.3 Å². The van der Waals surface area contributed by atoms with Crippen molar-refractivity contribution in [1.29, 1.82) is 0 Å². The minimum atomic E-state index is 0.0842. The maximum atomic E-state index is 12.5. The van der Waals surface area contributed by atoms with E-state index in [1.807, 2.05) is 17.9 Å². The quantitative estimate of drug-likeness (QED) is 0.865. The number of aromatic nitrogens is 2. The Hall–Kier alpha value is -2.05. The van der Waals surface area contributed by atoms with Crippen LogP contribution in [0.15, 0.2) is 6.07 Å². The number of carbonyl (C=O) groups excluding carboxylic acids is 1. The molecule has 1 spiro atoms. The Bertz CT molecular complexity index is 644. The average molecular weight is 358 g/mol. The van der Waals surface area contributed by atoms with E-state index in [1.54, 1.807) is 0 Å². The number of hydrogen-bond donors (Lipinski definition) is 2. The predicted octanol–water partition coefficient (Wildman–Crippen LogP) is 2.17. The Morgan fingerprint density at radius 2 is 1.96 bits per heavy atom. The summed E-state index contributed by atoms with van der Waals surface area (Å²) in [6, 6.07) is 2.03. The van der Waals surface area contributed by atoms with E-state index in [0.717, 1.165) is 31.1 Å². The molecule has 0 bridgehead atoms. The van der Waals surface area contributed by atoms with Gasteiger partial charge < -0.3 is 20.9 Å². The topological polar surface area (TPSA) is 87.4 Å². The Morgan fingerprint density at radius 3 is 2.65 bits per heavy atom. The first-order chi connectivity index (χ1) is 12.6. The fourth-order valence-electron chi connectivity index (χ4n) is 4.79. The number of carbonyl (C=O) groups is 1. The lowest BCUT2D eigenvalue weighted by atomic mass is 9.84. The molecular formula is C19H30N6O. The number of amides is 2. The lowest BCUT2D eigenvalue weighted by molar-refractivity contribution is 0.192.